The van der Waals surface area contributed by atoms with Crippen molar-refractivity contribution in [2.45, 2.75) is 45.5 Å². The minimum absolute atomic E-state index is 0.143. The first-order chi connectivity index (χ1) is 17.3. The summed E-state index contributed by atoms with van der Waals surface area (Å²) in [6.45, 7) is 9.12. The maximum Gasteiger partial charge on any atom is 0.419 e. The van der Waals surface area contributed by atoms with E-state index in [4.69, 9.17) is 4.74 Å². The Bertz CT molecular complexity index is 1290. The Morgan fingerprint density at radius 2 is 1.76 bits per heavy atom. The summed E-state index contributed by atoms with van der Waals surface area (Å²) < 4.78 is 59.6. The predicted molar refractivity (Wildman–Crippen MR) is 131 cm³/mol. The van der Waals surface area contributed by atoms with Gasteiger partial charge in [0.25, 0.3) is 0 Å². The standard InChI is InChI=1S/C25H28F4N6O2/c1-15(17-6-5-7-19(21(17)26)25(27,28)29)30-22-18-14-16(8-9-20(18)31-33-32-22)34-10-12-35(13-11-34)23(36)37-24(2,3)4/h5-9,14-15H,10-13H2,1-4H3,(H,30,31,32)/t15-/m1/s1. The lowest BCUT2D eigenvalue weighted by molar-refractivity contribution is -0.140. The Hall–Kier alpha value is -3.70. The van der Waals surface area contributed by atoms with Gasteiger partial charge in [-0.2, -0.15) is 13.2 Å². The van der Waals surface area contributed by atoms with Gasteiger partial charge in [0.1, 0.15) is 11.4 Å². The Kier molecular flexibility index (Phi) is 7.11. The van der Waals surface area contributed by atoms with Gasteiger partial charge in [0.2, 0.25) is 0 Å². The summed E-state index contributed by atoms with van der Waals surface area (Å²) in [6, 6.07) is 7.84. The number of rotatable bonds is 4. The quantitative estimate of drug-likeness (QED) is 0.461. The van der Waals surface area contributed by atoms with E-state index < -0.39 is 29.2 Å². The molecule has 8 nitrogen and oxygen atoms in total. The van der Waals surface area contributed by atoms with Crippen LogP contribution in [0.15, 0.2) is 36.4 Å². The SMILES string of the molecule is C[C@@H](Nc1nnnc2ccc(N3CCN(C(=O)OC(C)(C)C)CC3)cc12)c1cccc(C(F)(F)F)c1F. The van der Waals surface area contributed by atoms with Crippen molar-refractivity contribution in [3.05, 3.63) is 53.3 Å². The molecule has 37 heavy (non-hydrogen) atoms. The van der Waals surface area contributed by atoms with Crippen molar-refractivity contribution in [1.29, 1.82) is 0 Å². The van der Waals surface area contributed by atoms with Crippen LogP contribution in [0.5, 0.6) is 0 Å². The van der Waals surface area contributed by atoms with Crippen LogP contribution >= 0.6 is 0 Å². The van der Waals surface area contributed by atoms with Gasteiger partial charge in [0.05, 0.1) is 17.1 Å². The molecular weight excluding hydrogens is 492 g/mol. The average Bonchev–Trinajstić information content (AvgIpc) is 2.82. The average molecular weight is 521 g/mol. The number of carbonyl (C=O) groups excluding carboxylic acids is 1. The van der Waals surface area contributed by atoms with Crippen LogP contribution in [0, 0.1) is 5.82 Å². The van der Waals surface area contributed by atoms with E-state index in [1.165, 1.54) is 12.1 Å². The van der Waals surface area contributed by atoms with Gasteiger partial charge in [-0.3, -0.25) is 0 Å². The fraction of sp³-hybridized carbons (Fsp3) is 0.440. The highest BCUT2D eigenvalue weighted by molar-refractivity contribution is 5.91. The van der Waals surface area contributed by atoms with Crippen LogP contribution in [0.2, 0.25) is 0 Å². The zero-order chi connectivity index (χ0) is 27.0. The molecule has 1 aliphatic rings. The van der Waals surface area contributed by atoms with Crippen molar-refractivity contribution in [3.63, 3.8) is 0 Å². The van der Waals surface area contributed by atoms with Crippen LogP contribution in [-0.2, 0) is 10.9 Å². The molecule has 1 saturated heterocycles. The summed E-state index contributed by atoms with van der Waals surface area (Å²) >= 11 is 0. The highest BCUT2D eigenvalue weighted by atomic mass is 19.4. The number of hydrogen-bond acceptors (Lipinski definition) is 7. The summed E-state index contributed by atoms with van der Waals surface area (Å²) in [4.78, 5) is 16.1. The highest BCUT2D eigenvalue weighted by Crippen LogP contribution is 2.35. The largest absolute Gasteiger partial charge is 0.444 e. The summed E-state index contributed by atoms with van der Waals surface area (Å²) in [5, 5.41) is 15.4. The zero-order valence-electron chi connectivity index (χ0n) is 20.9. The molecule has 2 heterocycles. The number of nitrogens with zero attached hydrogens (tertiary/aromatic N) is 5. The Labute approximate surface area is 211 Å². The Balaban J connectivity index is 1.53. The van der Waals surface area contributed by atoms with Gasteiger partial charge < -0.3 is 19.9 Å². The monoisotopic (exact) mass is 520 g/mol. The topological polar surface area (TPSA) is 83.5 Å². The molecule has 1 N–H and O–H groups in total. The van der Waals surface area contributed by atoms with Crippen molar-refractivity contribution >= 4 is 28.5 Å². The molecular formula is C25H28F4N6O2. The molecule has 12 heteroatoms. The number of aromatic nitrogens is 3. The van der Waals surface area contributed by atoms with Crippen LogP contribution in [0.25, 0.3) is 10.9 Å². The van der Waals surface area contributed by atoms with Gasteiger partial charge in [-0.25, -0.2) is 9.18 Å². The molecule has 0 bridgehead atoms. The smallest absolute Gasteiger partial charge is 0.419 e. The van der Waals surface area contributed by atoms with E-state index >= 15 is 0 Å². The molecule has 2 aromatic carbocycles. The van der Waals surface area contributed by atoms with Crippen LogP contribution in [0.4, 0.5) is 33.9 Å². The van der Waals surface area contributed by atoms with Gasteiger partial charge in [0, 0.05) is 42.8 Å². The molecule has 0 unspecified atom stereocenters. The number of piperazine rings is 1. The maximum absolute atomic E-state index is 14.7. The minimum Gasteiger partial charge on any atom is -0.444 e. The van der Waals surface area contributed by atoms with Crippen molar-refractivity contribution in [1.82, 2.24) is 20.3 Å². The third-order valence-electron chi connectivity index (χ3n) is 5.98. The van der Waals surface area contributed by atoms with E-state index in [0.29, 0.717) is 43.1 Å². The zero-order valence-corrected chi connectivity index (χ0v) is 20.9. The second kappa shape index (κ2) is 9.98. The molecule has 1 amide bonds. The molecule has 1 aromatic heterocycles. The molecule has 0 saturated carbocycles. The van der Waals surface area contributed by atoms with Crippen molar-refractivity contribution in [2.75, 3.05) is 36.4 Å². The first kappa shape index (κ1) is 26.4. The number of hydrogen-bond donors (Lipinski definition) is 1. The number of halogens is 4. The molecule has 0 radical (unpaired) electrons. The lowest BCUT2D eigenvalue weighted by Crippen LogP contribution is -2.50. The predicted octanol–water partition coefficient (Wildman–Crippen LogP) is 5.41. The third kappa shape index (κ3) is 6.00. The lowest BCUT2D eigenvalue weighted by Gasteiger charge is -2.36. The molecule has 1 atom stereocenters. The van der Waals surface area contributed by atoms with Crippen LogP contribution in [-0.4, -0.2) is 58.2 Å². The fourth-order valence-corrected chi connectivity index (χ4v) is 4.13. The number of nitrogens with one attached hydrogen (secondary N) is 1. The van der Waals surface area contributed by atoms with Crippen molar-refractivity contribution in [3.8, 4) is 0 Å². The Morgan fingerprint density at radius 1 is 1.05 bits per heavy atom. The summed E-state index contributed by atoms with van der Waals surface area (Å²) in [7, 11) is 0. The van der Waals surface area contributed by atoms with E-state index in [1.54, 1.807) is 17.9 Å². The van der Waals surface area contributed by atoms with E-state index in [-0.39, 0.29) is 17.5 Å². The van der Waals surface area contributed by atoms with E-state index in [2.05, 4.69) is 25.6 Å². The minimum atomic E-state index is -4.80. The maximum atomic E-state index is 14.7. The fourth-order valence-electron chi connectivity index (χ4n) is 4.13. The van der Waals surface area contributed by atoms with Crippen molar-refractivity contribution < 1.29 is 27.1 Å². The summed E-state index contributed by atoms with van der Waals surface area (Å²) in [5.41, 5.74) is -0.663. The first-order valence-electron chi connectivity index (χ1n) is 11.8. The third-order valence-corrected chi connectivity index (χ3v) is 5.98. The number of amides is 1. The molecule has 1 fully saturated rings. The van der Waals surface area contributed by atoms with Gasteiger partial charge in [0.15, 0.2) is 5.82 Å². The number of anilines is 2. The van der Waals surface area contributed by atoms with Gasteiger partial charge in [-0.05, 0) is 57.2 Å². The molecule has 3 aromatic rings. The first-order valence-corrected chi connectivity index (χ1v) is 11.8. The van der Waals surface area contributed by atoms with E-state index in [1.807, 2.05) is 32.9 Å². The van der Waals surface area contributed by atoms with Gasteiger partial charge in [-0.1, -0.05) is 12.1 Å². The molecule has 0 spiro atoms. The second-order valence-corrected chi connectivity index (χ2v) is 9.87. The number of alkyl halides is 3. The number of ether oxygens (including phenoxy) is 1. The summed E-state index contributed by atoms with van der Waals surface area (Å²) in [5.74, 6) is -1.06. The van der Waals surface area contributed by atoms with Crippen LogP contribution in [0.1, 0.15) is 44.9 Å². The molecule has 1 aliphatic heterocycles. The van der Waals surface area contributed by atoms with E-state index in [0.717, 1.165) is 5.69 Å². The normalized spacial score (nSPS) is 15.6. The van der Waals surface area contributed by atoms with Crippen molar-refractivity contribution in [2.24, 2.45) is 0 Å². The van der Waals surface area contributed by atoms with Gasteiger partial charge in [-0.15, -0.1) is 10.2 Å². The highest BCUT2D eigenvalue weighted by Gasteiger charge is 2.35. The van der Waals surface area contributed by atoms with Crippen LogP contribution < -0.4 is 10.2 Å². The number of fused-ring (bicyclic) bond motifs is 1. The summed E-state index contributed by atoms with van der Waals surface area (Å²) in [6.07, 6.45) is -5.15. The van der Waals surface area contributed by atoms with Crippen LogP contribution in [0.3, 0.4) is 0 Å². The second-order valence-electron chi connectivity index (χ2n) is 9.87. The Morgan fingerprint density at radius 3 is 2.41 bits per heavy atom. The lowest BCUT2D eigenvalue weighted by atomic mass is 10.0. The van der Waals surface area contributed by atoms with E-state index in [9.17, 15) is 22.4 Å². The van der Waals surface area contributed by atoms with Gasteiger partial charge >= 0.3 is 12.3 Å². The molecule has 0 aliphatic carbocycles. The molecule has 4 rings (SSSR count). The number of benzene rings is 2. The molecule has 198 valence electrons. The number of carbonyl (C=O) groups is 1.